The summed E-state index contributed by atoms with van der Waals surface area (Å²) in [5, 5.41) is 11.4. The highest BCUT2D eigenvalue weighted by Gasteiger charge is 2.11. The third-order valence-corrected chi connectivity index (χ3v) is 5.66. The van der Waals surface area contributed by atoms with E-state index in [-0.39, 0.29) is 30.3 Å². The highest BCUT2D eigenvalue weighted by atomic mass is 35.5. The fourth-order valence-corrected chi connectivity index (χ4v) is 3.79. The maximum Gasteiger partial charge on any atom is 0.253 e. The van der Waals surface area contributed by atoms with Crippen LogP contribution in [0.5, 0.6) is 0 Å². The molecule has 0 atom stereocenters. The highest BCUT2D eigenvalue weighted by Crippen LogP contribution is 2.16. The van der Waals surface area contributed by atoms with Gasteiger partial charge in [-0.2, -0.15) is 0 Å². The molecule has 2 aromatic heterocycles. The second-order valence-corrected chi connectivity index (χ2v) is 8.46. The normalized spacial score (nSPS) is 10.7. The number of hydrogen-bond donors (Lipinski definition) is 2. The predicted molar refractivity (Wildman–Crippen MR) is 134 cm³/mol. The Balaban J connectivity index is 1.40. The van der Waals surface area contributed by atoms with Crippen LogP contribution in [-0.4, -0.2) is 27.7 Å². The molecular weight excluding hydrogens is 467 g/mol. The molecule has 0 aliphatic heterocycles. The van der Waals surface area contributed by atoms with Crippen LogP contribution in [0.4, 0.5) is 4.39 Å². The Morgan fingerprint density at radius 1 is 1.00 bits per heavy atom. The van der Waals surface area contributed by atoms with Crippen molar-refractivity contribution in [1.29, 1.82) is 5.41 Å². The van der Waals surface area contributed by atoms with Crippen molar-refractivity contribution in [3.63, 3.8) is 0 Å². The van der Waals surface area contributed by atoms with E-state index in [2.05, 4.69) is 10.3 Å². The van der Waals surface area contributed by atoms with Crippen LogP contribution in [0, 0.1) is 11.2 Å². The van der Waals surface area contributed by atoms with Crippen molar-refractivity contribution in [1.82, 2.24) is 14.9 Å². The minimum atomic E-state index is -0.403. The van der Waals surface area contributed by atoms with E-state index in [4.69, 9.17) is 17.0 Å². The third-order valence-electron chi connectivity index (χ3n) is 5.42. The molecule has 0 saturated carbocycles. The van der Waals surface area contributed by atoms with Gasteiger partial charge in [-0.05, 0) is 53.4 Å². The standard InChI is InChI=1S/C27H22ClFN4O2/c28-23-5-3-4-20(13-23)25(30)16-32-27(35)22-11-19(14-31-15-22)10-18-7-8-21(24(29)12-18)17-33-9-2-1-6-26(33)34/h1-9,11-15,30H,10,16-17H2,(H,32,35). The maximum absolute atomic E-state index is 14.7. The van der Waals surface area contributed by atoms with Crippen molar-refractivity contribution < 1.29 is 9.18 Å². The molecule has 0 saturated heterocycles. The highest BCUT2D eigenvalue weighted by molar-refractivity contribution is 6.31. The lowest BCUT2D eigenvalue weighted by molar-refractivity contribution is 0.0959. The molecule has 1 amide bonds. The van der Waals surface area contributed by atoms with Crippen molar-refractivity contribution in [2.75, 3.05) is 6.54 Å². The first-order chi connectivity index (χ1) is 16.9. The van der Waals surface area contributed by atoms with Crippen LogP contribution in [0.25, 0.3) is 0 Å². The second-order valence-electron chi connectivity index (χ2n) is 8.02. The van der Waals surface area contributed by atoms with Crippen molar-refractivity contribution in [2.45, 2.75) is 13.0 Å². The van der Waals surface area contributed by atoms with Crippen molar-refractivity contribution in [3.05, 3.63) is 134 Å². The molecular formula is C27H22ClFN4O2. The summed E-state index contributed by atoms with van der Waals surface area (Å²) in [4.78, 5) is 28.6. The number of nitrogens with one attached hydrogen (secondary N) is 2. The van der Waals surface area contributed by atoms with Crippen LogP contribution in [0.1, 0.15) is 32.6 Å². The fraction of sp³-hybridized carbons (Fsp3) is 0.111. The number of carbonyl (C=O) groups is 1. The average Bonchev–Trinajstić information content (AvgIpc) is 2.85. The molecule has 0 aliphatic rings. The Kier molecular flexibility index (Phi) is 7.48. The SMILES string of the molecule is N=C(CNC(=O)c1cncc(Cc2ccc(Cn3ccccc3=O)c(F)c2)c1)c1cccc(Cl)c1. The van der Waals surface area contributed by atoms with Gasteiger partial charge in [0.2, 0.25) is 0 Å². The van der Waals surface area contributed by atoms with Gasteiger partial charge in [-0.15, -0.1) is 0 Å². The molecule has 0 radical (unpaired) electrons. The van der Waals surface area contributed by atoms with Gasteiger partial charge in [-0.3, -0.25) is 14.6 Å². The largest absolute Gasteiger partial charge is 0.346 e. The number of nitrogens with zero attached hydrogens (tertiary/aromatic N) is 2. The number of aromatic nitrogens is 2. The molecule has 0 unspecified atom stereocenters. The lowest BCUT2D eigenvalue weighted by Gasteiger charge is -2.10. The van der Waals surface area contributed by atoms with Gasteiger partial charge in [0.15, 0.2) is 0 Å². The zero-order valence-electron chi connectivity index (χ0n) is 18.7. The summed E-state index contributed by atoms with van der Waals surface area (Å²) in [6.45, 7) is 0.188. The number of hydrogen-bond acceptors (Lipinski definition) is 4. The number of carbonyl (C=O) groups excluding carboxylic acids is 1. The summed E-state index contributed by atoms with van der Waals surface area (Å²) < 4.78 is 16.1. The first kappa shape index (κ1) is 24.0. The van der Waals surface area contributed by atoms with Gasteiger partial charge in [0.25, 0.3) is 11.5 Å². The Hall–Kier alpha value is -4.10. The smallest absolute Gasteiger partial charge is 0.253 e. The Bertz CT molecular complexity index is 1450. The fourth-order valence-electron chi connectivity index (χ4n) is 3.60. The van der Waals surface area contributed by atoms with Gasteiger partial charge < -0.3 is 15.3 Å². The van der Waals surface area contributed by atoms with Gasteiger partial charge in [0.1, 0.15) is 5.82 Å². The summed E-state index contributed by atoms with van der Waals surface area (Å²) in [6, 6.07) is 18.3. The van der Waals surface area contributed by atoms with Gasteiger partial charge >= 0.3 is 0 Å². The van der Waals surface area contributed by atoms with Crippen LogP contribution in [-0.2, 0) is 13.0 Å². The molecule has 4 rings (SSSR count). The quantitative estimate of drug-likeness (QED) is 0.359. The lowest BCUT2D eigenvalue weighted by Crippen LogP contribution is -2.29. The molecule has 0 aliphatic carbocycles. The molecule has 176 valence electrons. The summed E-state index contributed by atoms with van der Waals surface area (Å²) in [7, 11) is 0. The zero-order chi connectivity index (χ0) is 24.8. The van der Waals surface area contributed by atoms with Crippen LogP contribution in [0.15, 0.2) is 90.1 Å². The molecule has 0 bridgehead atoms. The van der Waals surface area contributed by atoms with E-state index in [1.165, 1.54) is 22.9 Å². The van der Waals surface area contributed by atoms with E-state index in [0.29, 0.717) is 33.7 Å². The number of pyridine rings is 2. The Labute approximate surface area is 206 Å². The van der Waals surface area contributed by atoms with E-state index in [1.54, 1.807) is 67.0 Å². The van der Waals surface area contributed by atoms with E-state index in [0.717, 1.165) is 5.56 Å². The molecule has 0 fully saturated rings. The monoisotopic (exact) mass is 488 g/mol. The number of amides is 1. The second kappa shape index (κ2) is 10.9. The number of rotatable bonds is 8. The molecule has 2 aromatic carbocycles. The minimum absolute atomic E-state index is 0.0422. The van der Waals surface area contributed by atoms with E-state index >= 15 is 0 Å². The predicted octanol–water partition coefficient (Wildman–Crippen LogP) is 4.47. The van der Waals surface area contributed by atoms with Crippen molar-refractivity contribution >= 4 is 23.2 Å². The average molecular weight is 489 g/mol. The number of benzene rings is 2. The first-order valence-electron chi connectivity index (χ1n) is 10.9. The Morgan fingerprint density at radius 2 is 1.86 bits per heavy atom. The van der Waals surface area contributed by atoms with Crippen LogP contribution >= 0.6 is 11.6 Å². The summed E-state index contributed by atoms with van der Waals surface area (Å²) in [5.41, 5.74) is 2.89. The summed E-state index contributed by atoms with van der Waals surface area (Å²) >= 11 is 5.96. The van der Waals surface area contributed by atoms with Gasteiger partial charge in [0.05, 0.1) is 24.4 Å². The summed E-state index contributed by atoms with van der Waals surface area (Å²) in [6.07, 6.45) is 5.08. The third kappa shape index (κ3) is 6.28. The molecule has 6 nitrogen and oxygen atoms in total. The van der Waals surface area contributed by atoms with E-state index in [9.17, 15) is 14.0 Å². The van der Waals surface area contributed by atoms with Gasteiger partial charge in [-0.25, -0.2) is 4.39 Å². The van der Waals surface area contributed by atoms with Gasteiger partial charge in [-0.1, -0.05) is 41.9 Å². The van der Waals surface area contributed by atoms with Gasteiger partial charge in [0, 0.05) is 35.2 Å². The van der Waals surface area contributed by atoms with Crippen molar-refractivity contribution in [2.24, 2.45) is 0 Å². The molecule has 4 aromatic rings. The molecule has 35 heavy (non-hydrogen) atoms. The molecule has 8 heteroatoms. The molecule has 2 heterocycles. The molecule has 0 spiro atoms. The molecule has 2 N–H and O–H groups in total. The topological polar surface area (TPSA) is 87.8 Å². The minimum Gasteiger partial charge on any atom is -0.346 e. The summed E-state index contributed by atoms with van der Waals surface area (Å²) in [5.74, 6) is -0.763. The maximum atomic E-state index is 14.7. The van der Waals surface area contributed by atoms with E-state index < -0.39 is 5.82 Å². The Morgan fingerprint density at radius 3 is 2.63 bits per heavy atom. The van der Waals surface area contributed by atoms with Crippen LogP contribution in [0.3, 0.4) is 0 Å². The first-order valence-corrected chi connectivity index (χ1v) is 11.2. The van der Waals surface area contributed by atoms with Crippen molar-refractivity contribution in [3.8, 4) is 0 Å². The number of halogens is 2. The van der Waals surface area contributed by atoms with E-state index in [1.807, 2.05) is 0 Å². The van der Waals surface area contributed by atoms with Crippen LogP contribution in [0.2, 0.25) is 5.02 Å². The van der Waals surface area contributed by atoms with Crippen LogP contribution < -0.4 is 10.9 Å². The lowest BCUT2D eigenvalue weighted by atomic mass is 10.0. The zero-order valence-corrected chi connectivity index (χ0v) is 19.4.